The van der Waals surface area contributed by atoms with Gasteiger partial charge in [-0.3, -0.25) is 19.7 Å². The Labute approximate surface area is 201 Å². The molecule has 0 saturated carbocycles. The van der Waals surface area contributed by atoms with Gasteiger partial charge in [0, 0.05) is 35.6 Å². The zero-order valence-corrected chi connectivity index (χ0v) is 20.1. The lowest BCUT2D eigenvalue weighted by Gasteiger charge is -2.41. The molecule has 9 nitrogen and oxygen atoms in total. The van der Waals surface area contributed by atoms with Gasteiger partial charge < -0.3 is 4.90 Å². The zero-order chi connectivity index (χ0) is 24.5. The molecule has 1 aliphatic heterocycles. The van der Waals surface area contributed by atoms with Crippen LogP contribution in [0, 0.1) is 10.1 Å². The molecule has 3 rings (SSSR count). The van der Waals surface area contributed by atoms with Crippen LogP contribution in [-0.4, -0.2) is 59.4 Å². The minimum atomic E-state index is -4.34. The summed E-state index contributed by atoms with van der Waals surface area (Å²) in [6.07, 6.45) is 0.140. The maximum absolute atomic E-state index is 13.2. The number of ketones is 1. The number of benzene rings is 2. The number of Topliss-reactive ketones (excluding diaryl/α,β-unsaturated/α-hetero) is 1. The Balaban J connectivity index is 1.89. The summed E-state index contributed by atoms with van der Waals surface area (Å²) in [5.41, 5.74) is 0.0512. The fourth-order valence-corrected chi connectivity index (χ4v) is 6.06. The van der Waals surface area contributed by atoms with Crippen LogP contribution in [0.1, 0.15) is 19.4 Å². The van der Waals surface area contributed by atoms with Gasteiger partial charge in [0.2, 0.25) is 5.91 Å². The largest absolute Gasteiger partial charge is 0.330 e. The minimum Gasteiger partial charge on any atom is -0.330 e. The van der Waals surface area contributed by atoms with Crippen molar-refractivity contribution >= 4 is 50.6 Å². The summed E-state index contributed by atoms with van der Waals surface area (Å²) in [6, 6.07) is 7.80. The van der Waals surface area contributed by atoms with Gasteiger partial charge in [0.25, 0.3) is 15.7 Å². The predicted octanol–water partition coefficient (Wildman–Crippen LogP) is 3.32. The SMILES string of the molecule is CC(=O)[C@H](Cc1ccc(Cl)cc1Cl)N1CCN(S(=O)(=O)c2ccccc2[N+](=O)[O-])[C@@H](C)C1=O. The minimum absolute atomic E-state index is 0.0571. The molecule has 0 spiro atoms. The smallest absolute Gasteiger partial charge is 0.289 e. The van der Waals surface area contributed by atoms with Crippen LogP contribution in [0.4, 0.5) is 5.69 Å². The topological polar surface area (TPSA) is 118 Å². The Kier molecular flexibility index (Phi) is 7.42. The second kappa shape index (κ2) is 9.76. The summed E-state index contributed by atoms with van der Waals surface area (Å²) in [4.78, 5) is 37.0. The van der Waals surface area contributed by atoms with E-state index in [4.69, 9.17) is 23.2 Å². The zero-order valence-electron chi connectivity index (χ0n) is 17.8. The van der Waals surface area contributed by atoms with Crippen molar-refractivity contribution in [2.24, 2.45) is 0 Å². The van der Waals surface area contributed by atoms with E-state index in [2.05, 4.69) is 0 Å². The summed E-state index contributed by atoms with van der Waals surface area (Å²) in [5, 5.41) is 12.1. The van der Waals surface area contributed by atoms with Crippen molar-refractivity contribution < 1.29 is 22.9 Å². The molecule has 0 aliphatic carbocycles. The number of piperazine rings is 1. The maximum atomic E-state index is 13.2. The molecular formula is C21H21Cl2N3O6S. The molecular weight excluding hydrogens is 493 g/mol. The molecule has 1 fully saturated rings. The standard InChI is InChI=1S/C21H21Cl2N3O6S/c1-13-21(28)24(19(14(2)27)11-15-7-8-16(22)12-17(15)23)9-10-25(13)33(31,32)20-6-4-3-5-18(20)26(29)30/h3-8,12-13,19H,9-11H2,1-2H3/t13-,19-/m0/s1. The number of carbonyl (C=O) groups is 2. The van der Waals surface area contributed by atoms with Crippen molar-refractivity contribution in [2.45, 2.75) is 37.2 Å². The normalized spacial score (nSPS) is 18.2. The monoisotopic (exact) mass is 513 g/mol. The molecule has 2 aromatic rings. The molecule has 2 aromatic carbocycles. The molecule has 1 heterocycles. The molecule has 33 heavy (non-hydrogen) atoms. The van der Waals surface area contributed by atoms with Crippen molar-refractivity contribution in [3.05, 3.63) is 68.2 Å². The van der Waals surface area contributed by atoms with E-state index in [1.165, 1.54) is 36.9 Å². The lowest BCUT2D eigenvalue weighted by atomic mass is 9.99. The number of halogens is 2. The van der Waals surface area contributed by atoms with Gasteiger partial charge in [0.15, 0.2) is 10.7 Å². The highest BCUT2D eigenvalue weighted by molar-refractivity contribution is 7.89. The van der Waals surface area contributed by atoms with Crippen LogP contribution in [0.15, 0.2) is 47.4 Å². The first-order chi connectivity index (χ1) is 15.4. The van der Waals surface area contributed by atoms with Gasteiger partial charge in [0.1, 0.15) is 6.04 Å². The molecule has 12 heteroatoms. The maximum Gasteiger partial charge on any atom is 0.289 e. The molecule has 1 aliphatic rings. The Hall–Kier alpha value is -2.53. The number of hydrogen-bond acceptors (Lipinski definition) is 6. The highest BCUT2D eigenvalue weighted by atomic mass is 35.5. The number of nitro benzene ring substituents is 1. The third-order valence-electron chi connectivity index (χ3n) is 5.56. The van der Waals surface area contributed by atoms with Gasteiger partial charge in [0.05, 0.1) is 11.0 Å². The molecule has 0 radical (unpaired) electrons. The third kappa shape index (κ3) is 5.03. The fraction of sp³-hybridized carbons (Fsp3) is 0.333. The average Bonchev–Trinajstić information content (AvgIpc) is 2.75. The van der Waals surface area contributed by atoms with E-state index in [1.807, 2.05) is 0 Å². The number of carbonyl (C=O) groups excluding carboxylic acids is 2. The van der Waals surface area contributed by atoms with Crippen molar-refractivity contribution in [3.8, 4) is 0 Å². The summed E-state index contributed by atoms with van der Waals surface area (Å²) in [6.45, 7) is 2.56. The van der Waals surface area contributed by atoms with Crippen LogP contribution < -0.4 is 0 Å². The first-order valence-electron chi connectivity index (χ1n) is 9.95. The number of amides is 1. The van der Waals surface area contributed by atoms with E-state index in [0.29, 0.717) is 15.6 Å². The highest BCUT2D eigenvalue weighted by Crippen LogP contribution is 2.30. The Bertz CT molecular complexity index is 1220. The molecule has 1 amide bonds. The molecule has 0 aromatic heterocycles. The van der Waals surface area contributed by atoms with Crippen molar-refractivity contribution in [1.29, 1.82) is 0 Å². The fourth-order valence-electron chi connectivity index (χ4n) is 3.83. The number of hydrogen-bond donors (Lipinski definition) is 0. The summed E-state index contributed by atoms with van der Waals surface area (Å²) in [7, 11) is -4.34. The molecule has 1 saturated heterocycles. The van der Waals surface area contributed by atoms with Crippen molar-refractivity contribution in [3.63, 3.8) is 0 Å². The molecule has 0 bridgehead atoms. The van der Waals surface area contributed by atoms with Gasteiger partial charge in [-0.05, 0) is 37.6 Å². The van der Waals surface area contributed by atoms with Gasteiger partial charge in [-0.15, -0.1) is 0 Å². The summed E-state index contributed by atoms with van der Waals surface area (Å²) in [5.74, 6) is -0.856. The van der Waals surface area contributed by atoms with Gasteiger partial charge in [-0.25, -0.2) is 8.42 Å². The molecule has 0 unspecified atom stereocenters. The van der Waals surface area contributed by atoms with Crippen molar-refractivity contribution in [1.82, 2.24) is 9.21 Å². The Morgan fingerprint density at radius 3 is 2.48 bits per heavy atom. The number of rotatable bonds is 7. The van der Waals surface area contributed by atoms with Crippen LogP contribution in [0.2, 0.25) is 10.0 Å². The second-order valence-electron chi connectivity index (χ2n) is 7.61. The van der Waals surface area contributed by atoms with E-state index in [1.54, 1.807) is 12.1 Å². The van der Waals surface area contributed by atoms with Crippen LogP contribution in [-0.2, 0) is 26.0 Å². The lowest BCUT2D eigenvalue weighted by molar-refractivity contribution is -0.387. The molecule has 0 N–H and O–H groups in total. The quantitative estimate of drug-likeness (QED) is 0.413. The highest BCUT2D eigenvalue weighted by Gasteiger charge is 2.43. The second-order valence-corrected chi connectivity index (χ2v) is 10.3. The van der Waals surface area contributed by atoms with Crippen molar-refractivity contribution in [2.75, 3.05) is 13.1 Å². The lowest BCUT2D eigenvalue weighted by Crippen LogP contribution is -2.61. The Morgan fingerprint density at radius 1 is 1.21 bits per heavy atom. The van der Waals surface area contributed by atoms with E-state index in [0.717, 1.165) is 16.4 Å². The predicted molar refractivity (Wildman–Crippen MR) is 123 cm³/mol. The number of sulfonamides is 1. The number of nitro groups is 1. The van der Waals surface area contributed by atoms with E-state index >= 15 is 0 Å². The van der Waals surface area contributed by atoms with Crippen LogP contribution in [0.25, 0.3) is 0 Å². The van der Waals surface area contributed by atoms with Crippen LogP contribution >= 0.6 is 23.2 Å². The number of nitrogens with zero attached hydrogens (tertiary/aromatic N) is 3. The first kappa shape index (κ1) is 25.1. The van der Waals surface area contributed by atoms with Crippen LogP contribution in [0.3, 0.4) is 0 Å². The van der Waals surface area contributed by atoms with E-state index in [-0.39, 0.29) is 25.3 Å². The van der Waals surface area contributed by atoms with E-state index < -0.39 is 43.5 Å². The Morgan fingerprint density at radius 2 is 1.88 bits per heavy atom. The van der Waals surface area contributed by atoms with Gasteiger partial charge >= 0.3 is 0 Å². The van der Waals surface area contributed by atoms with Gasteiger partial charge in [-0.2, -0.15) is 4.31 Å². The van der Waals surface area contributed by atoms with Crippen LogP contribution in [0.5, 0.6) is 0 Å². The summed E-state index contributed by atoms with van der Waals surface area (Å²) >= 11 is 12.2. The average molecular weight is 514 g/mol. The first-order valence-corrected chi connectivity index (χ1v) is 12.1. The summed E-state index contributed by atoms with van der Waals surface area (Å²) < 4.78 is 27.3. The number of para-hydroxylation sites is 1. The van der Waals surface area contributed by atoms with E-state index in [9.17, 15) is 28.1 Å². The third-order valence-corrected chi connectivity index (χ3v) is 8.16. The molecule has 176 valence electrons. The molecule has 2 atom stereocenters. The van der Waals surface area contributed by atoms with Gasteiger partial charge in [-0.1, -0.05) is 41.4 Å².